The minimum atomic E-state index is -0.209. The maximum Gasteiger partial charge on any atom is 0.256 e. The standard InChI is InChI=1S/C28H27N5O2/c1-35-21-12-7-9-19(17-21)23-18-30-28(29)32-26(23)25-15-8-16-33(25)27(34)22-13-5-6-14-24(22)31-20-10-3-2-4-11-20/h2-7,9-14,17-18,25,31H,8,15-16H2,1H3,(H2,29,30,32)/t25-/m1/s1. The number of nitrogen functional groups attached to an aromatic ring is 1. The summed E-state index contributed by atoms with van der Waals surface area (Å²) in [5, 5.41) is 3.38. The maximum absolute atomic E-state index is 13.9. The van der Waals surface area contributed by atoms with Gasteiger partial charge < -0.3 is 20.7 Å². The van der Waals surface area contributed by atoms with Crippen LogP contribution in [-0.2, 0) is 0 Å². The zero-order valence-corrected chi connectivity index (χ0v) is 19.5. The van der Waals surface area contributed by atoms with Gasteiger partial charge in [-0.2, -0.15) is 0 Å². The molecule has 1 saturated heterocycles. The fourth-order valence-electron chi connectivity index (χ4n) is 4.58. The van der Waals surface area contributed by atoms with Crippen molar-refractivity contribution in [2.75, 3.05) is 24.7 Å². The first-order valence-corrected chi connectivity index (χ1v) is 11.6. The van der Waals surface area contributed by atoms with Crippen LogP contribution in [0, 0.1) is 0 Å². The first-order chi connectivity index (χ1) is 17.1. The molecule has 0 radical (unpaired) electrons. The van der Waals surface area contributed by atoms with E-state index in [2.05, 4.69) is 15.3 Å². The Hall–Kier alpha value is -4.39. The summed E-state index contributed by atoms with van der Waals surface area (Å²) in [6.07, 6.45) is 3.41. The van der Waals surface area contributed by atoms with Crippen molar-refractivity contribution in [1.82, 2.24) is 14.9 Å². The highest BCUT2D eigenvalue weighted by atomic mass is 16.5. The summed E-state index contributed by atoms with van der Waals surface area (Å²) in [7, 11) is 1.64. The first-order valence-electron chi connectivity index (χ1n) is 11.6. The third-order valence-electron chi connectivity index (χ3n) is 6.26. The number of methoxy groups -OCH3 is 1. The van der Waals surface area contributed by atoms with Crippen LogP contribution in [-0.4, -0.2) is 34.4 Å². The van der Waals surface area contributed by atoms with Crippen LogP contribution in [0.15, 0.2) is 85.1 Å². The van der Waals surface area contributed by atoms with E-state index in [9.17, 15) is 4.79 Å². The monoisotopic (exact) mass is 465 g/mol. The molecule has 0 aliphatic carbocycles. The molecule has 7 heteroatoms. The smallest absolute Gasteiger partial charge is 0.256 e. The molecule has 2 heterocycles. The van der Waals surface area contributed by atoms with Gasteiger partial charge in [-0.3, -0.25) is 4.79 Å². The Morgan fingerprint density at radius 1 is 1.06 bits per heavy atom. The minimum absolute atomic E-state index is 0.0414. The van der Waals surface area contributed by atoms with Crippen LogP contribution in [0.1, 0.15) is 34.9 Å². The van der Waals surface area contributed by atoms with Crippen LogP contribution in [0.2, 0.25) is 0 Å². The molecule has 1 aliphatic rings. The summed E-state index contributed by atoms with van der Waals surface area (Å²) < 4.78 is 5.41. The van der Waals surface area contributed by atoms with Crippen LogP contribution >= 0.6 is 0 Å². The summed E-state index contributed by atoms with van der Waals surface area (Å²) in [5.74, 6) is 0.892. The number of nitrogens with two attached hydrogens (primary N) is 1. The summed E-state index contributed by atoms with van der Waals surface area (Å²) in [6, 6.07) is 25.0. The Morgan fingerprint density at radius 2 is 1.86 bits per heavy atom. The van der Waals surface area contributed by atoms with Crippen LogP contribution in [0.4, 0.5) is 17.3 Å². The molecule has 1 atom stereocenters. The molecule has 5 rings (SSSR count). The van der Waals surface area contributed by atoms with Crippen molar-refractivity contribution in [3.05, 3.63) is 96.3 Å². The Morgan fingerprint density at radius 3 is 2.69 bits per heavy atom. The second-order valence-corrected chi connectivity index (χ2v) is 8.45. The predicted molar refractivity (Wildman–Crippen MR) is 138 cm³/mol. The molecule has 1 amide bonds. The molecule has 176 valence electrons. The second kappa shape index (κ2) is 9.85. The summed E-state index contributed by atoms with van der Waals surface area (Å²) in [6.45, 7) is 0.643. The number of benzene rings is 3. The lowest BCUT2D eigenvalue weighted by atomic mass is 9.99. The highest BCUT2D eigenvalue weighted by molar-refractivity contribution is 6.00. The molecular formula is C28H27N5O2. The number of anilines is 3. The van der Waals surface area contributed by atoms with Crippen molar-refractivity contribution in [3.8, 4) is 16.9 Å². The van der Waals surface area contributed by atoms with Crippen molar-refractivity contribution >= 4 is 23.2 Å². The number of nitrogens with zero attached hydrogens (tertiary/aromatic N) is 3. The molecule has 35 heavy (non-hydrogen) atoms. The van der Waals surface area contributed by atoms with E-state index in [4.69, 9.17) is 10.5 Å². The zero-order valence-electron chi connectivity index (χ0n) is 19.5. The molecule has 3 aromatic carbocycles. The molecule has 7 nitrogen and oxygen atoms in total. The highest BCUT2D eigenvalue weighted by Crippen LogP contribution is 2.39. The average Bonchev–Trinajstić information content (AvgIpc) is 3.39. The summed E-state index contributed by atoms with van der Waals surface area (Å²) in [4.78, 5) is 24.6. The SMILES string of the molecule is COc1cccc(-c2cnc(N)nc2[C@H]2CCCN2C(=O)c2ccccc2Nc2ccccc2)c1. The van der Waals surface area contributed by atoms with E-state index in [-0.39, 0.29) is 17.9 Å². The molecular weight excluding hydrogens is 438 g/mol. The van der Waals surface area contributed by atoms with E-state index in [1.165, 1.54) is 0 Å². The quantitative estimate of drug-likeness (QED) is 0.393. The van der Waals surface area contributed by atoms with Gasteiger partial charge >= 0.3 is 0 Å². The van der Waals surface area contributed by atoms with Crippen molar-refractivity contribution in [2.45, 2.75) is 18.9 Å². The predicted octanol–water partition coefficient (Wildman–Crippen LogP) is 5.46. The largest absolute Gasteiger partial charge is 0.497 e. The van der Waals surface area contributed by atoms with E-state index in [0.717, 1.165) is 46.8 Å². The number of likely N-dealkylation sites (tertiary alicyclic amines) is 1. The lowest BCUT2D eigenvalue weighted by Crippen LogP contribution is -2.32. The minimum Gasteiger partial charge on any atom is -0.497 e. The maximum atomic E-state index is 13.9. The van der Waals surface area contributed by atoms with Gasteiger partial charge in [0.15, 0.2) is 0 Å². The number of aromatic nitrogens is 2. The summed E-state index contributed by atoms with van der Waals surface area (Å²) in [5.41, 5.74) is 10.8. The highest BCUT2D eigenvalue weighted by Gasteiger charge is 2.34. The van der Waals surface area contributed by atoms with E-state index in [1.54, 1.807) is 13.3 Å². The molecule has 0 bridgehead atoms. The van der Waals surface area contributed by atoms with Gasteiger partial charge in [0.1, 0.15) is 5.75 Å². The number of nitrogens with one attached hydrogen (secondary N) is 1. The van der Waals surface area contributed by atoms with Gasteiger partial charge in [-0.15, -0.1) is 0 Å². The van der Waals surface area contributed by atoms with Crippen molar-refractivity contribution in [3.63, 3.8) is 0 Å². The van der Waals surface area contributed by atoms with Gasteiger partial charge in [0, 0.05) is 24.0 Å². The normalized spacial score (nSPS) is 15.1. The number of rotatable bonds is 6. The van der Waals surface area contributed by atoms with Crippen molar-refractivity contribution < 1.29 is 9.53 Å². The van der Waals surface area contributed by atoms with E-state index < -0.39 is 0 Å². The van der Waals surface area contributed by atoms with Crippen molar-refractivity contribution in [2.24, 2.45) is 0 Å². The molecule has 0 spiro atoms. The van der Waals surface area contributed by atoms with Crippen LogP contribution in [0.5, 0.6) is 5.75 Å². The number of ether oxygens (including phenoxy) is 1. The molecule has 1 fully saturated rings. The van der Waals surface area contributed by atoms with E-state index in [1.807, 2.05) is 83.8 Å². The first kappa shape index (κ1) is 22.4. The second-order valence-electron chi connectivity index (χ2n) is 8.45. The topological polar surface area (TPSA) is 93.4 Å². The molecule has 4 aromatic rings. The van der Waals surface area contributed by atoms with Gasteiger partial charge in [-0.1, -0.05) is 42.5 Å². The number of carbonyl (C=O) groups excluding carboxylic acids is 1. The third kappa shape index (κ3) is 4.66. The van der Waals surface area contributed by atoms with Crippen molar-refractivity contribution in [1.29, 1.82) is 0 Å². The molecule has 1 aliphatic heterocycles. The van der Waals surface area contributed by atoms with E-state index >= 15 is 0 Å². The average molecular weight is 466 g/mol. The Kier molecular flexibility index (Phi) is 6.30. The van der Waals surface area contributed by atoms with Crippen LogP contribution < -0.4 is 15.8 Å². The Labute approximate surface area is 204 Å². The lowest BCUT2D eigenvalue weighted by Gasteiger charge is -2.27. The fourth-order valence-corrected chi connectivity index (χ4v) is 4.58. The Bertz CT molecular complexity index is 1340. The lowest BCUT2D eigenvalue weighted by molar-refractivity contribution is 0.0734. The number of amides is 1. The molecule has 0 saturated carbocycles. The third-order valence-corrected chi connectivity index (χ3v) is 6.26. The van der Waals surface area contributed by atoms with Gasteiger partial charge in [0.05, 0.1) is 30.1 Å². The molecule has 1 aromatic heterocycles. The van der Waals surface area contributed by atoms with Gasteiger partial charge in [-0.05, 0) is 54.8 Å². The fraction of sp³-hybridized carbons (Fsp3) is 0.179. The summed E-state index contributed by atoms with van der Waals surface area (Å²) >= 11 is 0. The van der Waals surface area contributed by atoms with Gasteiger partial charge in [-0.25, -0.2) is 9.97 Å². The Balaban J connectivity index is 1.50. The number of para-hydroxylation sites is 2. The number of hydrogen-bond acceptors (Lipinski definition) is 6. The van der Waals surface area contributed by atoms with E-state index in [0.29, 0.717) is 12.1 Å². The van der Waals surface area contributed by atoms with Crippen LogP contribution in [0.25, 0.3) is 11.1 Å². The molecule has 3 N–H and O–H groups in total. The zero-order chi connectivity index (χ0) is 24.2. The number of carbonyl (C=O) groups is 1. The van der Waals surface area contributed by atoms with Gasteiger partial charge in [0.2, 0.25) is 5.95 Å². The number of hydrogen-bond donors (Lipinski definition) is 2. The van der Waals surface area contributed by atoms with Gasteiger partial charge in [0.25, 0.3) is 5.91 Å². The van der Waals surface area contributed by atoms with Crippen LogP contribution in [0.3, 0.4) is 0 Å². The molecule has 0 unspecified atom stereocenters.